The molecule has 1 aromatic rings. The first kappa shape index (κ1) is 8.48. The molecule has 1 fully saturated rings. The Morgan fingerprint density at radius 3 is 2.85 bits per heavy atom. The van der Waals surface area contributed by atoms with Crippen molar-refractivity contribution in [2.45, 2.75) is 38.1 Å². The van der Waals surface area contributed by atoms with Crippen molar-refractivity contribution in [3.05, 3.63) is 18.6 Å². The zero-order valence-electron chi connectivity index (χ0n) is 7.66. The van der Waals surface area contributed by atoms with Gasteiger partial charge in [0, 0.05) is 6.04 Å². The first-order valence-corrected chi connectivity index (χ1v) is 4.90. The second-order valence-corrected chi connectivity index (χ2v) is 3.51. The fraction of sp³-hybridized carbons (Fsp3) is 0.600. The van der Waals surface area contributed by atoms with Gasteiger partial charge in [0.1, 0.15) is 12.0 Å². The molecule has 3 nitrogen and oxygen atoms in total. The highest BCUT2D eigenvalue weighted by Gasteiger charge is 2.12. The fourth-order valence-corrected chi connectivity index (χ4v) is 1.79. The highest BCUT2D eigenvalue weighted by atomic mass is 15.0. The van der Waals surface area contributed by atoms with Gasteiger partial charge >= 0.3 is 0 Å². The van der Waals surface area contributed by atoms with Gasteiger partial charge in [-0.25, -0.2) is 4.98 Å². The number of aromatic nitrogens is 2. The predicted octanol–water partition coefficient (Wildman–Crippen LogP) is 2.02. The van der Waals surface area contributed by atoms with Gasteiger partial charge in [0.2, 0.25) is 0 Å². The van der Waals surface area contributed by atoms with Crippen LogP contribution in [0.1, 0.15) is 32.1 Å². The molecule has 1 N–H and O–H groups in total. The first-order chi connectivity index (χ1) is 6.45. The van der Waals surface area contributed by atoms with E-state index >= 15 is 0 Å². The van der Waals surface area contributed by atoms with Crippen LogP contribution in [0.3, 0.4) is 0 Å². The van der Waals surface area contributed by atoms with E-state index in [0.29, 0.717) is 6.04 Å². The molecule has 1 aliphatic carbocycles. The predicted molar refractivity (Wildman–Crippen MR) is 51.4 cm³/mol. The molecule has 2 rings (SSSR count). The van der Waals surface area contributed by atoms with Crippen LogP contribution in [0.25, 0.3) is 0 Å². The van der Waals surface area contributed by atoms with Crippen molar-refractivity contribution in [1.29, 1.82) is 0 Å². The van der Waals surface area contributed by atoms with Gasteiger partial charge in [0.15, 0.2) is 0 Å². The molecule has 0 saturated heterocycles. The molecule has 1 saturated carbocycles. The summed E-state index contributed by atoms with van der Waals surface area (Å²) in [6.45, 7) is 0. The summed E-state index contributed by atoms with van der Waals surface area (Å²) in [4.78, 5) is 8.04. The maximum Gasteiger partial charge on any atom is 0.145 e. The average Bonchev–Trinajstić information content (AvgIpc) is 2.21. The Hall–Kier alpha value is -1.12. The van der Waals surface area contributed by atoms with Crippen LogP contribution in [0, 0.1) is 6.20 Å². The van der Waals surface area contributed by atoms with Gasteiger partial charge in [-0.1, -0.05) is 19.3 Å². The van der Waals surface area contributed by atoms with Gasteiger partial charge in [0.05, 0.1) is 12.4 Å². The Balaban J connectivity index is 1.90. The summed E-state index contributed by atoms with van der Waals surface area (Å²) in [6, 6.07) is 0.596. The summed E-state index contributed by atoms with van der Waals surface area (Å²) >= 11 is 0. The Morgan fingerprint density at radius 1 is 1.31 bits per heavy atom. The summed E-state index contributed by atoms with van der Waals surface area (Å²) < 4.78 is 0. The highest BCUT2D eigenvalue weighted by Crippen LogP contribution is 2.19. The number of nitrogens with one attached hydrogen (secondary N) is 1. The van der Waals surface area contributed by atoms with Crippen LogP contribution in [0.2, 0.25) is 0 Å². The van der Waals surface area contributed by atoms with E-state index in [2.05, 4.69) is 21.5 Å². The number of hydrogen-bond donors (Lipinski definition) is 1. The lowest BCUT2D eigenvalue weighted by molar-refractivity contribution is 0.461. The summed E-state index contributed by atoms with van der Waals surface area (Å²) in [7, 11) is 0. The molecule has 1 radical (unpaired) electrons. The molecule has 13 heavy (non-hydrogen) atoms. The fourth-order valence-electron chi connectivity index (χ4n) is 1.79. The third kappa shape index (κ3) is 2.41. The maximum atomic E-state index is 4.07. The van der Waals surface area contributed by atoms with Crippen LogP contribution < -0.4 is 5.32 Å². The second kappa shape index (κ2) is 4.21. The van der Waals surface area contributed by atoms with E-state index in [1.54, 1.807) is 12.4 Å². The third-order valence-electron chi connectivity index (χ3n) is 2.47. The van der Waals surface area contributed by atoms with Gasteiger partial charge in [0.25, 0.3) is 0 Å². The molecule has 1 aliphatic rings. The normalized spacial score (nSPS) is 18.5. The lowest BCUT2D eigenvalue weighted by Crippen LogP contribution is -2.22. The van der Waals surface area contributed by atoms with E-state index < -0.39 is 0 Å². The molecule has 0 spiro atoms. The van der Waals surface area contributed by atoms with Crippen LogP contribution in [0.15, 0.2) is 12.4 Å². The monoisotopic (exact) mass is 176 g/mol. The topological polar surface area (TPSA) is 37.8 Å². The van der Waals surface area contributed by atoms with Crippen molar-refractivity contribution >= 4 is 5.82 Å². The van der Waals surface area contributed by atoms with E-state index in [4.69, 9.17) is 0 Å². The van der Waals surface area contributed by atoms with E-state index in [1.807, 2.05) is 0 Å². The summed E-state index contributed by atoms with van der Waals surface area (Å²) in [5, 5.41) is 3.38. The van der Waals surface area contributed by atoms with Crippen LogP contribution >= 0.6 is 0 Å². The molecule has 0 amide bonds. The van der Waals surface area contributed by atoms with Crippen LogP contribution in [-0.4, -0.2) is 16.0 Å². The van der Waals surface area contributed by atoms with Crippen LogP contribution in [0.5, 0.6) is 0 Å². The third-order valence-corrected chi connectivity index (χ3v) is 2.47. The van der Waals surface area contributed by atoms with Crippen molar-refractivity contribution in [2.75, 3.05) is 5.32 Å². The Bertz CT molecular complexity index is 242. The Kier molecular flexibility index (Phi) is 2.75. The molecule has 3 heteroatoms. The molecular weight excluding hydrogens is 162 g/mol. The lowest BCUT2D eigenvalue weighted by Gasteiger charge is -2.22. The van der Waals surface area contributed by atoms with Gasteiger partial charge in [-0.2, -0.15) is 0 Å². The molecular formula is C10H14N3. The zero-order chi connectivity index (χ0) is 8.93. The Labute approximate surface area is 78.6 Å². The van der Waals surface area contributed by atoms with E-state index in [-0.39, 0.29) is 0 Å². The quantitative estimate of drug-likeness (QED) is 0.749. The molecule has 0 aromatic carbocycles. The SMILES string of the molecule is [c]1cncc(NC2CCCCC2)n1. The highest BCUT2D eigenvalue weighted by molar-refractivity contribution is 5.31. The zero-order valence-corrected chi connectivity index (χ0v) is 7.66. The second-order valence-electron chi connectivity index (χ2n) is 3.51. The Morgan fingerprint density at radius 2 is 2.15 bits per heavy atom. The molecule has 0 atom stereocenters. The number of rotatable bonds is 2. The lowest BCUT2D eigenvalue weighted by atomic mass is 9.96. The minimum atomic E-state index is 0.596. The largest absolute Gasteiger partial charge is 0.366 e. The summed E-state index contributed by atoms with van der Waals surface area (Å²) in [5.74, 6) is 0.856. The van der Waals surface area contributed by atoms with Crippen LogP contribution in [-0.2, 0) is 0 Å². The minimum absolute atomic E-state index is 0.596. The smallest absolute Gasteiger partial charge is 0.145 e. The van der Waals surface area contributed by atoms with E-state index in [0.717, 1.165) is 5.82 Å². The molecule has 0 aliphatic heterocycles. The van der Waals surface area contributed by atoms with Gasteiger partial charge in [-0.15, -0.1) is 0 Å². The standard InChI is InChI=1S/C10H14N3/c1-2-4-9(5-3-1)13-10-8-11-6-7-12-10/h6,8-9H,1-5H2,(H,12,13). The van der Waals surface area contributed by atoms with E-state index in [1.165, 1.54) is 32.1 Å². The first-order valence-electron chi connectivity index (χ1n) is 4.90. The van der Waals surface area contributed by atoms with Gasteiger partial charge in [-0.05, 0) is 12.8 Å². The van der Waals surface area contributed by atoms with E-state index in [9.17, 15) is 0 Å². The molecule has 0 bridgehead atoms. The number of hydrogen-bond acceptors (Lipinski definition) is 3. The molecule has 1 heterocycles. The molecule has 1 aromatic heterocycles. The van der Waals surface area contributed by atoms with Crippen molar-refractivity contribution in [2.24, 2.45) is 0 Å². The molecule has 0 unspecified atom stereocenters. The van der Waals surface area contributed by atoms with Crippen molar-refractivity contribution < 1.29 is 0 Å². The summed E-state index contributed by atoms with van der Waals surface area (Å²) in [6.07, 6.45) is 12.6. The van der Waals surface area contributed by atoms with Gasteiger partial charge < -0.3 is 5.32 Å². The van der Waals surface area contributed by atoms with Crippen molar-refractivity contribution in [3.8, 4) is 0 Å². The maximum absolute atomic E-state index is 4.07. The number of nitrogens with zero attached hydrogens (tertiary/aromatic N) is 2. The minimum Gasteiger partial charge on any atom is -0.366 e. The molecule has 69 valence electrons. The van der Waals surface area contributed by atoms with Crippen molar-refractivity contribution in [1.82, 2.24) is 9.97 Å². The van der Waals surface area contributed by atoms with Crippen molar-refractivity contribution in [3.63, 3.8) is 0 Å². The van der Waals surface area contributed by atoms with Crippen LogP contribution in [0.4, 0.5) is 5.82 Å². The number of anilines is 1. The van der Waals surface area contributed by atoms with Gasteiger partial charge in [-0.3, -0.25) is 4.98 Å². The average molecular weight is 176 g/mol. The summed E-state index contributed by atoms with van der Waals surface area (Å²) in [5.41, 5.74) is 0.